The van der Waals surface area contributed by atoms with Gasteiger partial charge in [0.2, 0.25) is 0 Å². The Bertz CT molecular complexity index is 517. The molecule has 2 aromatic rings. The van der Waals surface area contributed by atoms with Crippen LogP contribution in [0.15, 0.2) is 29.6 Å². The van der Waals surface area contributed by atoms with E-state index in [-0.39, 0.29) is 5.54 Å². The normalized spacial score (nSPS) is 11.6. The number of methoxy groups -OCH3 is 1. The predicted molar refractivity (Wildman–Crippen MR) is 76.2 cm³/mol. The van der Waals surface area contributed by atoms with E-state index in [2.05, 4.69) is 24.5 Å². The van der Waals surface area contributed by atoms with Crippen LogP contribution in [-0.2, 0) is 5.54 Å². The summed E-state index contributed by atoms with van der Waals surface area (Å²) < 4.78 is 5.15. The third-order valence-corrected chi connectivity index (χ3v) is 4.00. The molecule has 2 rings (SSSR count). The maximum Gasteiger partial charge on any atom is 0.123 e. The molecule has 3 nitrogen and oxygen atoms in total. The van der Waals surface area contributed by atoms with Crippen LogP contribution in [0.5, 0.6) is 5.75 Å². The van der Waals surface area contributed by atoms with Crippen molar-refractivity contribution in [2.24, 2.45) is 0 Å². The maximum absolute atomic E-state index is 5.15. The fraction of sp³-hybridized carbons (Fsp3) is 0.357. The van der Waals surface area contributed by atoms with Gasteiger partial charge in [-0.1, -0.05) is 0 Å². The van der Waals surface area contributed by atoms with Crippen LogP contribution in [0.3, 0.4) is 0 Å². The lowest BCUT2D eigenvalue weighted by Crippen LogP contribution is -2.33. The molecule has 0 amide bonds. The first kappa shape index (κ1) is 13.1. The molecule has 18 heavy (non-hydrogen) atoms. The summed E-state index contributed by atoms with van der Waals surface area (Å²) in [6, 6.07) is 7.99. The molecular weight excluding hydrogens is 244 g/mol. The second-order valence-corrected chi connectivity index (χ2v) is 5.50. The van der Waals surface area contributed by atoms with Gasteiger partial charge in [0.15, 0.2) is 0 Å². The van der Waals surface area contributed by atoms with E-state index < -0.39 is 0 Å². The molecule has 1 N–H and O–H groups in total. The van der Waals surface area contributed by atoms with E-state index in [9.17, 15) is 0 Å². The topological polar surface area (TPSA) is 34.1 Å². The largest absolute Gasteiger partial charge is 0.497 e. The highest BCUT2D eigenvalue weighted by Crippen LogP contribution is 2.29. The van der Waals surface area contributed by atoms with E-state index >= 15 is 0 Å². The van der Waals surface area contributed by atoms with Gasteiger partial charge in [0.1, 0.15) is 10.8 Å². The van der Waals surface area contributed by atoms with Crippen molar-refractivity contribution in [3.8, 4) is 16.3 Å². The lowest BCUT2D eigenvalue weighted by atomic mass is 10.0. The average Bonchev–Trinajstić information content (AvgIpc) is 2.89. The Labute approximate surface area is 112 Å². The molecule has 0 bridgehead atoms. The first-order valence-corrected chi connectivity index (χ1v) is 6.74. The van der Waals surface area contributed by atoms with Crippen LogP contribution in [0.1, 0.15) is 19.5 Å². The van der Waals surface area contributed by atoms with Crippen molar-refractivity contribution >= 4 is 11.3 Å². The second-order valence-electron chi connectivity index (χ2n) is 4.64. The number of ether oxygens (including phenoxy) is 1. The summed E-state index contributed by atoms with van der Waals surface area (Å²) >= 11 is 1.67. The Morgan fingerprint density at radius 1 is 1.22 bits per heavy atom. The minimum Gasteiger partial charge on any atom is -0.497 e. The quantitative estimate of drug-likeness (QED) is 0.918. The molecule has 0 radical (unpaired) electrons. The number of nitrogens with zero attached hydrogens (tertiary/aromatic N) is 1. The highest BCUT2D eigenvalue weighted by atomic mass is 32.1. The van der Waals surface area contributed by atoms with E-state index in [0.717, 1.165) is 22.0 Å². The Kier molecular flexibility index (Phi) is 3.68. The van der Waals surface area contributed by atoms with Crippen LogP contribution in [0.4, 0.5) is 0 Å². The zero-order chi connectivity index (χ0) is 13.2. The molecular formula is C14H18N2OS. The summed E-state index contributed by atoms with van der Waals surface area (Å²) in [7, 11) is 3.62. The average molecular weight is 262 g/mol. The molecule has 1 heterocycles. The van der Waals surface area contributed by atoms with Crippen molar-refractivity contribution in [2.75, 3.05) is 14.2 Å². The Balaban J connectivity index is 2.29. The maximum atomic E-state index is 5.15. The molecule has 0 aliphatic heterocycles. The predicted octanol–water partition coefficient (Wildman–Crippen LogP) is 3.27. The van der Waals surface area contributed by atoms with E-state index in [1.165, 1.54) is 0 Å². The molecule has 0 aliphatic carbocycles. The highest BCUT2D eigenvalue weighted by molar-refractivity contribution is 7.13. The van der Waals surface area contributed by atoms with Crippen LogP contribution in [0, 0.1) is 0 Å². The zero-order valence-electron chi connectivity index (χ0n) is 11.2. The SMILES string of the molecule is CNC(C)(C)c1csc(-c2ccc(OC)cc2)n1. The molecule has 0 atom stereocenters. The van der Waals surface area contributed by atoms with Gasteiger partial charge in [0.25, 0.3) is 0 Å². The van der Waals surface area contributed by atoms with Crippen molar-refractivity contribution in [1.82, 2.24) is 10.3 Å². The Morgan fingerprint density at radius 3 is 2.44 bits per heavy atom. The summed E-state index contributed by atoms with van der Waals surface area (Å²) in [5.41, 5.74) is 2.10. The lowest BCUT2D eigenvalue weighted by Gasteiger charge is -2.21. The molecule has 0 unspecified atom stereocenters. The van der Waals surface area contributed by atoms with Crippen molar-refractivity contribution in [3.63, 3.8) is 0 Å². The smallest absolute Gasteiger partial charge is 0.123 e. The number of aromatic nitrogens is 1. The van der Waals surface area contributed by atoms with Crippen LogP contribution >= 0.6 is 11.3 Å². The summed E-state index contributed by atoms with van der Waals surface area (Å²) in [6.07, 6.45) is 0. The zero-order valence-corrected chi connectivity index (χ0v) is 12.0. The third-order valence-electron chi connectivity index (χ3n) is 3.11. The molecule has 0 aliphatic rings. The van der Waals surface area contributed by atoms with Crippen molar-refractivity contribution in [2.45, 2.75) is 19.4 Å². The van der Waals surface area contributed by atoms with Crippen LogP contribution < -0.4 is 10.1 Å². The van der Waals surface area contributed by atoms with Crippen molar-refractivity contribution in [1.29, 1.82) is 0 Å². The molecule has 96 valence electrons. The number of rotatable bonds is 4. The van der Waals surface area contributed by atoms with Crippen LogP contribution in [0.25, 0.3) is 10.6 Å². The van der Waals surface area contributed by atoms with Gasteiger partial charge >= 0.3 is 0 Å². The van der Waals surface area contributed by atoms with Gasteiger partial charge in [-0.3, -0.25) is 0 Å². The van der Waals surface area contributed by atoms with Crippen LogP contribution in [0.2, 0.25) is 0 Å². The lowest BCUT2D eigenvalue weighted by molar-refractivity contribution is 0.415. The number of nitrogens with one attached hydrogen (secondary N) is 1. The van der Waals surface area contributed by atoms with Gasteiger partial charge in [-0.05, 0) is 45.2 Å². The van der Waals surface area contributed by atoms with Gasteiger partial charge in [0, 0.05) is 10.9 Å². The van der Waals surface area contributed by atoms with E-state index in [4.69, 9.17) is 9.72 Å². The standard InChI is InChI=1S/C14H18N2OS/c1-14(2,15-3)12-9-18-13(16-12)10-5-7-11(17-4)8-6-10/h5-9,15H,1-4H3. The first-order valence-electron chi connectivity index (χ1n) is 5.86. The van der Waals surface area contributed by atoms with Crippen molar-refractivity contribution in [3.05, 3.63) is 35.3 Å². The first-order chi connectivity index (χ1) is 8.56. The molecule has 4 heteroatoms. The second kappa shape index (κ2) is 5.08. The molecule has 0 saturated heterocycles. The molecule has 1 aromatic heterocycles. The van der Waals surface area contributed by atoms with Gasteiger partial charge in [0.05, 0.1) is 18.3 Å². The number of thiazole rings is 1. The van der Waals surface area contributed by atoms with Gasteiger partial charge in [-0.2, -0.15) is 0 Å². The molecule has 1 aromatic carbocycles. The molecule has 0 fully saturated rings. The van der Waals surface area contributed by atoms with E-state index in [0.29, 0.717) is 0 Å². The highest BCUT2D eigenvalue weighted by Gasteiger charge is 2.21. The number of hydrogen-bond donors (Lipinski definition) is 1. The van der Waals surface area contributed by atoms with E-state index in [1.807, 2.05) is 31.3 Å². The fourth-order valence-electron chi connectivity index (χ4n) is 1.56. The third kappa shape index (κ3) is 2.54. The summed E-state index contributed by atoms with van der Waals surface area (Å²) in [4.78, 5) is 4.69. The van der Waals surface area contributed by atoms with Crippen LogP contribution in [-0.4, -0.2) is 19.1 Å². The van der Waals surface area contributed by atoms with Crippen molar-refractivity contribution < 1.29 is 4.74 Å². The minimum absolute atomic E-state index is 0.0960. The van der Waals surface area contributed by atoms with Gasteiger partial charge in [-0.15, -0.1) is 11.3 Å². The number of hydrogen-bond acceptors (Lipinski definition) is 4. The minimum atomic E-state index is -0.0960. The van der Waals surface area contributed by atoms with Gasteiger partial charge < -0.3 is 10.1 Å². The fourth-order valence-corrected chi connectivity index (χ4v) is 2.55. The Hall–Kier alpha value is -1.39. The Morgan fingerprint density at radius 2 is 1.89 bits per heavy atom. The summed E-state index contributed by atoms with van der Waals surface area (Å²) in [5, 5.41) is 6.41. The summed E-state index contributed by atoms with van der Waals surface area (Å²) in [6.45, 7) is 4.25. The monoisotopic (exact) mass is 262 g/mol. The summed E-state index contributed by atoms with van der Waals surface area (Å²) in [5.74, 6) is 0.867. The van der Waals surface area contributed by atoms with E-state index in [1.54, 1.807) is 18.4 Å². The van der Waals surface area contributed by atoms with Gasteiger partial charge in [-0.25, -0.2) is 4.98 Å². The molecule has 0 spiro atoms. The number of benzene rings is 1. The molecule has 0 saturated carbocycles.